The molecule has 2 aromatic rings. The van der Waals surface area contributed by atoms with Crippen molar-refractivity contribution in [1.82, 2.24) is 0 Å². The van der Waals surface area contributed by atoms with Crippen LogP contribution in [0.3, 0.4) is 0 Å². The molecule has 1 aliphatic rings. The van der Waals surface area contributed by atoms with E-state index in [9.17, 15) is 18.0 Å². The lowest BCUT2D eigenvalue weighted by Crippen LogP contribution is -2.44. The van der Waals surface area contributed by atoms with Crippen molar-refractivity contribution >= 4 is 32.9 Å². The number of hydrogen-bond acceptors (Lipinski definition) is 5. The van der Waals surface area contributed by atoms with Crippen LogP contribution < -0.4 is 10.2 Å². The molecular weight excluding hydrogens is 364 g/mol. The number of nitrogens with zero attached hydrogens (tertiary/aromatic N) is 1. The number of Topliss-reactive ketones (excluding diaryl/α,β-unsaturated/α-hetero) is 1. The maximum Gasteiger partial charge on any atom is 0.246 e. The molecule has 1 amide bonds. The van der Waals surface area contributed by atoms with Crippen LogP contribution in [0.1, 0.15) is 23.7 Å². The van der Waals surface area contributed by atoms with Crippen LogP contribution in [0.5, 0.6) is 0 Å². The van der Waals surface area contributed by atoms with Crippen molar-refractivity contribution in [2.24, 2.45) is 0 Å². The van der Waals surface area contributed by atoms with E-state index in [1.54, 1.807) is 41.3 Å². The van der Waals surface area contributed by atoms with Gasteiger partial charge in [-0.1, -0.05) is 30.3 Å². The Labute approximate surface area is 159 Å². The smallest absolute Gasteiger partial charge is 0.246 e. The molecule has 7 heteroatoms. The highest BCUT2D eigenvalue weighted by Crippen LogP contribution is 2.24. The van der Waals surface area contributed by atoms with Crippen LogP contribution in [0.4, 0.5) is 11.4 Å². The Hall–Kier alpha value is -2.67. The summed E-state index contributed by atoms with van der Waals surface area (Å²) >= 11 is 0. The molecule has 0 saturated carbocycles. The number of para-hydroxylation sites is 1. The molecule has 1 heterocycles. The zero-order valence-corrected chi connectivity index (χ0v) is 15.9. The van der Waals surface area contributed by atoms with Gasteiger partial charge in [0.15, 0.2) is 15.6 Å². The van der Waals surface area contributed by atoms with Gasteiger partial charge in [-0.05, 0) is 37.6 Å². The first kappa shape index (κ1) is 19.1. The monoisotopic (exact) mass is 386 g/mol. The summed E-state index contributed by atoms with van der Waals surface area (Å²) in [5.74, 6) is -0.181. The maximum atomic E-state index is 12.9. The molecule has 6 nitrogen and oxygen atoms in total. The Morgan fingerprint density at radius 1 is 1.11 bits per heavy atom. The molecule has 2 aromatic carbocycles. The standard InChI is InChI=1S/C20H22N2O4S/c1-15(23)16-6-5-7-17(12-16)21-13-20(24)22(18-8-3-2-4-9-18)19-10-11-27(25,26)14-19/h2-9,12,19,21H,10-11,13-14H2,1H3/t19-/m1/s1. The Morgan fingerprint density at radius 2 is 1.85 bits per heavy atom. The Morgan fingerprint density at radius 3 is 2.48 bits per heavy atom. The third-order valence-electron chi connectivity index (χ3n) is 4.59. The largest absolute Gasteiger partial charge is 0.376 e. The van der Waals surface area contributed by atoms with E-state index in [2.05, 4.69) is 5.32 Å². The molecule has 1 N–H and O–H groups in total. The highest BCUT2D eigenvalue weighted by Gasteiger charge is 2.35. The summed E-state index contributed by atoms with van der Waals surface area (Å²) in [6.45, 7) is 1.49. The highest BCUT2D eigenvalue weighted by molar-refractivity contribution is 7.91. The van der Waals surface area contributed by atoms with Crippen molar-refractivity contribution in [2.75, 3.05) is 28.3 Å². The first-order valence-corrected chi connectivity index (χ1v) is 10.6. The number of carbonyl (C=O) groups is 2. The summed E-state index contributed by atoms with van der Waals surface area (Å²) in [6, 6.07) is 15.7. The minimum absolute atomic E-state index is 0.00675. The van der Waals surface area contributed by atoms with E-state index in [1.807, 2.05) is 18.2 Å². The number of ketones is 1. The molecule has 0 bridgehead atoms. The topological polar surface area (TPSA) is 83.6 Å². The van der Waals surface area contributed by atoms with Crippen LogP contribution in [0, 0.1) is 0 Å². The summed E-state index contributed by atoms with van der Waals surface area (Å²) in [7, 11) is -3.12. The number of hydrogen-bond donors (Lipinski definition) is 1. The molecule has 0 spiro atoms. The zero-order chi connectivity index (χ0) is 19.4. The quantitative estimate of drug-likeness (QED) is 0.772. The summed E-state index contributed by atoms with van der Waals surface area (Å²) in [4.78, 5) is 26.0. The zero-order valence-electron chi connectivity index (χ0n) is 15.1. The molecule has 0 aliphatic carbocycles. The third kappa shape index (κ3) is 4.74. The van der Waals surface area contributed by atoms with Crippen molar-refractivity contribution in [2.45, 2.75) is 19.4 Å². The average Bonchev–Trinajstić information content (AvgIpc) is 3.00. The van der Waals surface area contributed by atoms with Gasteiger partial charge in [0.05, 0.1) is 24.1 Å². The summed E-state index contributed by atoms with van der Waals surface area (Å²) in [5.41, 5.74) is 1.92. The van der Waals surface area contributed by atoms with Gasteiger partial charge < -0.3 is 10.2 Å². The molecule has 0 radical (unpaired) electrons. The van der Waals surface area contributed by atoms with Crippen molar-refractivity contribution in [3.05, 3.63) is 60.2 Å². The van der Waals surface area contributed by atoms with Gasteiger partial charge in [-0.3, -0.25) is 9.59 Å². The lowest BCUT2D eigenvalue weighted by atomic mass is 10.1. The van der Waals surface area contributed by atoms with Gasteiger partial charge in [-0.15, -0.1) is 0 Å². The number of benzene rings is 2. The van der Waals surface area contributed by atoms with Gasteiger partial charge in [-0.25, -0.2) is 8.42 Å². The van der Waals surface area contributed by atoms with Crippen LogP contribution in [-0.4, -0.2) is 44.2 Å². The second-order valence-corrected chi connectivity index (χ2v) is 8.88. The Bertz CT molecular complexity index is 941. The van der Waals surface area contributed by atoms with Gasteiger partial charge in [0.1, 0.15) is 0 Å². The second kappa shape index (κ2) is 7.92. The molecular formula is C20H22N2O4S. The Balaban J connectivity index is 1.77. The van der Waals surface area contributed by atoms with Crippen LogP contribution in [0.15, 0.2) is 54.6 Å². The van der Waals surface area contributed by atoms with Gasteiger partial charge in [0.25, 0.3) is 0 Å². The SMILES string of the molecule is CC(=O)c1cccc(NCC(=O)N(c2ccccc2)[C@@H]2CCS(=O)(=O)C2)c1. The number of rotatable bonds is 6. The molecule has 142 valence electrons. The van der Waals surface area contributed by atoms with Gasteiger partial charge >= 0.3 is 0 Å². The molecule has 1 atom stereocenters. The predicted octanol–water partition coefficient (Wildman–Crippen LogP) is 2.52. The fourth-order valence-electron chi connectivity index (χ4n) is 3.24. The second-order valence-electron chi connectivity index (χ2n) is 6.65. The van der Waals surface area contributed by atoms with E-state index in [1.165, 1.54) is 6.92 Å². The lowest BCUT2D eigenvalue weighted by molar-refractivity contribution is -0.117. The van der Waals surface area contributed by atoms with Crippen LogP contribution in [0.25, 0.3) is 0 Å². The van der Waals surface area contributed by atoms with Crippen molar-refractivity contribution in [1.29, 1.82) is 0 Å². The van der Waals surface area contributed by atoms with Gasteiger partial charge in [0.2, 0.25) is 5.91 Å². The minimum atomic E-state index is -3.12. The third-order valence-corrected chi connectivity index (χ3v) is 6.34. The first-order valence-electron chi connectivity index (χ1n) is 8.78. The number of amides is 1. The van der Waals surface area contributed by atoms with E-state index in [0.717, 1.165) is 0 Å². The number of carbonyl (C=O) groups excluding carboxylic acids is 2. The normalized spacial score (nSPS) is 18.0. The minimum Gasteiger partial charge on any atom is -0.376 e. The highest BCUT2D eigenvalue weighted by atomic mass is 32.2. The van der Waals surface area contributed by atoms with Crippen molar-refractivity contribution < 1.29 is 18.0 Å². The number of anilines is 2. The number of nitrogens with one attached hydrogen (secondary N) is 1. The average molecular weight is 386 g/mol. The van der Waals surface area contributed by atoms with Crippen LogP contribution in [-0.2, 0) is 14.6 Å². The fraction of sp³-hybridized carbons (Fsp3) is 0.300. The molecule has 1 aliphatic heterocycles. The Kier molecular flexibility index (Phi) is 5.60. The summed E-state index contributed by atoms with van der Waals surface area (Å²) in [6.07, 6.45) is 0.433. The molecule has 27 heavy (non-hydrogen) atoms. The molecule has 3 rings (SSSR count). The fourth-order valence-corrected chi connectivity index (χ4v) is 4.94. The van der Waals surface area contributed by atoms with E-state index in [0.29, 0.717) is 23.4 Å². The van der Waals surface area contributed by atoms with Crippen molar-refractivity contribution in [3.63, 3.8) is 0 Å². The van der Waals surface area contributed by atoms with Crippen LogP contribution >= 0.6 is 0 Å². The van der Waals surface area contributed by atoms with E-state index >= 15 is 0 Å². The molecule has 0 unspecified atom stereocenters. The van der Waals surface area contributed by atoms with E-state index < -0.39 is 9.84 Å². The van der Waals surface area contributed by atoms with Crippen LogP contribution in [0.2, 0.25) is 0 Å². The molecule has 0 aromatic heterocycles. The lowest BCUT2D eigenvalue weighted by Gasteiger charge is -2.28. The first-order chi connectivity index (χ1) is 12.9. The number of sulfone groups is 1. The molecule has 1 saturated heterocycles. The van der Waals surface area contributed by atoms with Gasteiger partial charge in [0, 0.05) is 16.9 Å². The van der Waals surface area contributed by atoms with Gasteiger partial charge in [-0.2, -0.15) is 0 Å². The summed E-state index contributed by atoms with van der Waals surface area (Å²) in [5, 5.41) is 3.04. The molecule has 1 fully saturated rings. The summed E-state index contributed by atoms with van der Waals surface area (Å²) < 4.78 is 23.8. The maximum absolute atomic E-state index is 12.9. The van der Waals surface area contributed by atoms with Crippen molar-refractivity contribution in [3.8, 4) is 0 Å². The van der Waals surface area contributed by atoms with E-state index in [-0.39, 0.29) is 35.8 Å². The predicted molar refractivity (Wildman–Crippen MR) is 106 cm³/mol. The van der Waals surface area contributed by atoms with E-state index in [4.69, 9.17) is 0 Å².